The third kappa shape index (κ3) is 4.88. The Morgan fingerprint density at radius 3 is 1.55 bits per heavy atom. The minimum absolute atomic E-state index is 0.0870. The molecular weight excluding hydrogens is 677 g/mol. The number of aromatic nitrogens is 2. The Hall–Kier alpha value is -6.64. The van der Waals surface area contributed by atoms with Gasteiger partial charge in [0.25, 0.3) is 0 Å². The van der Waals surface area contributed by atoms with Gasteiger partial charge in [0.1, 0.15) is 0 Å². The summed E-state index contributed by atoms with van der Waals surface area (Å²) in [6.45, 7) is 9.42. The fourth-order valence-corrected chi connectivity index (χ4v) is 9.57. The number of rotatable bonds is 4. The fraction of sp³-hybridized carbons (Fsp3) is 0.111. The summed E-state index contributed by atoms with van der Waals surface area (Å²) in [6, 6.07) is 62.1. The van der Waals surface area contributed by atoms with Crippen LogP contribution in [-0.2, 0) is 10.8 Å². The topological polar surface area (TPSA) is 25.8 Å². The molecule has 0 unspecified atom stereocenters. The fourth-order valence-electron chi connectivity index (χ4n) is 9.57. The van der Waals surface area contributed by atoms with E-state index in [2.05, 4.69) is 191 Å². The Bertz CT molecular complexity index is 3060. The smallest absolute Gasteiger partial charge is 0.160 e. The molecule has 0 aliphatic heterocycles. The van der Waals surface area contributed by atoms with E-state index in [4.69, 9.17) is 9.97 Å². The van der Waals surface area contributed by atoms with E-state index in [0.717, 1.165) is 33.9 Å². The molecule has 1 heterocycles. The van der Waals surface area contributed by atoms with Crippen molar-refractivity contribution < 1.29 is 0 Å². The van der Waals surface area contributed by atoms with Crippen LogP contribution in [0.3, 0.4) is 0 Å². The largest absolute Gasteiger partial charge is 0.228 e. The van der Waals surface area contributed by atoms with Gasteiger partial charge in [0.2, 0.25) is 0 Å². The van der Waals surface area contributed by atoms with E-state index in [1.807, 2.05) is 6.07 Å². The maximum absolute atomic E-state index is 5.30. The monoisotopic (exact) mass is 716 g/mol. The minimum atomic E-state index is -0.137. The molecule has 0 amide bonds. The van der Waals surface area contributed by atoms with E-state index in [-0.39, 0.29) is 10.8 Å². The first-order chi connectivity index (χ1) is 27.2. The summed E-state index contributed by atoms with van der Waals surface area (Å²) in [5, 5.41) is 5.11. The molecule has 0 saturated carbocycles. The van der Waals surface area contributed by atoms with Crippen molar-refractivity contribution in [2.75, 3.05) is 0 Å². The highest BCUT2D eigenvalue weighted by Gasteiger charge is 2.38. The third-order valence-electron chi connectivity index (χ3n) is 12.7. The van der Waals surface area contributed by atoms with Crippen molar-refractivity contribution >= 4 is 21.5 Å². The van der Waals surface area contributed by atoms with Crippen molar-refractivity contribution in [1.82, 2.24) is 9.97 Å². The van der Waals surface area contributed by atoms with Crippen molar-refractivity contribution in [2.24, 2.45) is 0 Å². The van der Waals surface area contributed by atoms with Gasteiger partial charge in [0.15, 0.2) is 5.82 Å². The average molecular weight is 717 g/mol. The Labute approximate surface area is 328 Å². The molecule has 56 heavy (non-hydrogen) atoms. The molecule has 2 aliphatic rings. The van der Waals surface area contributed by atoms with Gasteiger partial charge in [0.05, 0.1) is 11.4 Å². The SMILES string of the molecule is CC1(C)c2cc(-c3ccc(-c4cc(-c5cccc6c5-c5cc7ccccc7cc5C6(C)C)nc(-c5ccccc5)n4)cc3)ccc2-c2cc3ccccc3cc21. The van der Waals surface area contributed by atoms with Gasteiger partial charge in [-0.2, -0.15) is 0 Å². The molecule has 1 aromatic heterocycles. The quantitative estimate of drug-likeness (QED) is 0.181. The van der Waals surface area contributed by atoms with Crippen LogP contribution >= 0.6 is 0 Å². The lowest BCUT2D eigenvalue weighted by molar-refractivity contribution is 0.661. The van der Waals surface area contributed by atoms with Crippen LogP contribution < -0.4 is 0 Å². The predicted molar refractivity (Wildman–Crippen MR) is 234 cm³/mol. The Balaban J connectivity index is 1.01. The van der Waals surface area contributed by atoms with E-state index in [1.54, 1.807) is 0 Å². The van der Waals surface area contributed by atoms with Crippen molar-refractivity contribution in [3.05, 3.63) is 192 Å². The van der Waals surface area contributed by atoms with Gasteiger partial charge in [-0.15, -0.1) is 0 Å². The summed E-state index contributed by atoms with van der Waals surface area (Å²) in [5.74, 6) is 0.726. The number of fused-ring (bicyclic) bond motifs is 8. The van der Waals surface area contributed by atoms with E-state index in [0.29, 0.717) is 0 Å². The Morgan fingerprint density at radius 1 is 0.321 bits per heavy atom. The molecule has 0 spiro atoms. The van der Waals surface area contributed by atoms with E-state index in [1.165, 1.54) is 77.2 Å². The standard InChI is InChI=1S/C54H40N2/c1-53(2)45-20-12-19-42(51(45)44-28-37-16-9-11-18-39(37)30-48(44)53)50-32-49(55-52(56-50)35-13-6-5-7-14-35)34-23-21-33(22-24-34)40-25-26-41-43-27-36-15-8-10-17-38(36)29-47(43)54(3,4)46(41)31-40/h5-32H,1-4H3. The maximum Gasteiger partial charge on any atom is 0.160 e. The molecule has 0 radical (unpaired) electrons. The molecule has 9 aromatic rings. The third-order valence-corrected chi connectivity index (χ3v) is 12.7. The van der Waals surface area contributed by atoms with Crippen molar-refractivity contribution in [3.8, 4) is 67.3 Å². The van der Waals surface area contributed by atoms with Crippen molar-refractivity contribution in [2.45, 2.75) is 38.5 Å². The number of nitrogens with zero attached hydrogens (tertiary/aromatic N) is 2. The van der Waals surface area contributed by atoms with Crippen LogP contribution in [0.1, 0.15) is 49.9 Å². The molecule has 2 heteroatoms. The number of benzene rings is 8. The van der Waals surface area contributed by atoms with Crippen LogP contribution in [0.15, 0.2) is 170 Å². The van der Waals surface area contributed by atoms with Gasteiger partial charge in [-0.3, -0.25) is 0 Å². The highest BCUT2D eigenvalue weighted by molar-refractivity contribution is 5.99. The second-order valence-electron chi connectivity index (χ2n) is 16.6. The van der Waals surface area contributed by atoms with Crippen LogP contribution in [0.5, 0.6) is 0 Å². The lowest BCUT2D eigenvalue weighted by Gasteiger charge is -2.22. The van der Waals surface area contributed by atoms with Gasteiger partial charge in [0, 0.05) is 27.5 Å². The molecule has 0 saturated heterocycles. The summed E-state index contributed by atoms with van der Waals surface area (Å²) in [5.41, 5.74) is 18.0. The van der Waals surface area contributed by atoms with Crippen molar-refractivity contribution in [3.63, 3.8) is 0 Å². The van der Waals surface area contributed by atoms with Gasteiger partial charge in [-0.1, -0.05) is 161 Å². The predicted octanol–water partition coefficient (Wildman–Crippen LogP) is 14.1. The van der Waals surface area contributed by atoms with Crippen LogP contribution in [0, 0.1) is 0 Å². The summed E-state index contributed by atoms with van der Waals surface area (Å²) in [4.78, 5) is 10.5. The highest BCUT2D eigenvalue weighted by atomic mass is 14.9. The molecule has 8 aromatic carbocycles. The maximum atomic E-state index is 5.30. The first kappa shape index (κ1) is 32.8. The van der Waals surface area contributed by atoms with Gasteiger partial charge >= 0.3 is 0 Å². The normalized spacial score (nSPS) is 14.4. The zero-order valence-electron chi connectivity index (χ0n) is 32.1. The molecule has 11 rings (SSSR count). The average Bonchev–Trinajstić information content (AvgIpc) is 3.60. The summed E-state index contributed by atoms with van der Waals surface area (Å²) in [7, 11) is 0. The van der Waals surface area contributed by atoms with E-state index < -0.39 is 0 Å². The molecular formula is C54H40N2. The summed E-state index contributed by atoms with van der Waals surface area (Å²) in [6.07, 6.45) is 0. The van der Waals surface area contributed by atoms with Gasteiger partial charge in [-0.05, 0) is 114 Å². The van der Waals surface area contributed by atoms with Crippen LogP contribution in [0.2, 0.25) is 0 Å². The molecule has 2 aliphatic carbocycles. The summed E-state index contributed by atoms with van der Waals surface area (Å²) < 4.78 is 0. The molecule has 0 fully saturated rings. The Kier molecular flexibility index (Phi) is 6.98. The first-order valence-corrected chi connectivity index (χ1v) is 19.6. The zero-order valence-corrected chi connectivity index (χ0v) is 32.1. The second kappa shape index (κ2) is 11.9. The van der Waals surface area contributed by atoms with Crippen LogP contribution in [0.25, 0.3) is 88.8 Å². The number of hydrogen-bond donors (Lipinski definition) is 0. The lowest BCUT2D eigenvalue weighted by atomic mass is 9.81. The first-order valence-electron chi connectivity index (χ1n) is 19.6. The molecule has 0 bridgehead atoms. The molecule has 0 N–H and O–H groups in total. The lowest BCUT2D eigenvalue weighted by Crippen LogP contribution is -2.15. The van der Waals surface area contributed by atoms with E-state index >= 15 is 0 Å². The molecule has 266 valence electrons. The van der Waals surface area contributed by atoms with E-state index in [9.17, 15) is 0 Å². The molecule has 0 atom stereocenters. The van der Waals surface area contributed by atoms with Gasteiger partial charge < -0.3 is 0 Å². The molecule has 2 nitrogen and oxygen atoms in total. The van der Waals surface area contributed by atoms with Crippen LogP contribution in [0.4, 0.5) is 0 Å². The Morgan fingerprint density at radius 2 is 0.857 bits per heavy atom. The van der Waals surface area contributed by atoms with Gasteiger partial charge in [-0.25, -0.2) is 9.97 Å². The summed E-state index contributed by atoms with van der Waals surface area (Å²) >= 11 is 0. The highest BCUT2D eigenvalue weighted by Crippen LogP contribution is 2.54. The zero-order chi connectivity index (χ0) is 37.8. The van der Waals surface area contributed by atoms with Crippen LogP contribution in [-0.4, -0.2) is 9.97 Å². The second-order valence-corrected chi connectivity index (χ2v) is 16.6. The minimum Gasteiger partial charge on any atom is -0.228 e. The van der Waals surface area contributed by atoms with Crippen molar-refractivity contribution in [1.29, 1.82) is 0 Å². The number of hydrogen-bond acceptors (Lipinski definition) is 2.